The van der Waals surface area contributed by atoms with Crippen molar-refractivity contribution in [1.29, 1.82) is 0 Å². The summed E-state index contributed by atoms with van der Waals surface area (Å²) < 4.78 is 18.4. The summed E-state index contributed by atoms with van der Waals surface area (Å²) in [6.07, 6.45) is 0.400. The predicted octanol–water partition coefficient (Wildman–Crippen LogP) is 3.47. The number of hydrogen-bond donors (Lipinski definition) is 2. The van der Waals surface area contributed by atoms with Gasteiger partial charge in [-0.3, -0.25) is 5.84 Å². The molecule has 0 spiro atoms. The van der Waals surface area contributed by atoms with E-state index in [4.69, 9.17) is 33.5 Å². The molecule has 96 valence electrons. The van der Waals surface area contributed by atoms with Gasteiger partial charge in [-0.05, 0) is 53.9 Å². The molecule has 0 bridgehead atoms. The van der Waals surface area contributed by atoms with Crippen LogP contribution in [0.15, 0.2) is 34.7 Å². The number of rotatable bonds is 4. The first-order valence-electron chi connectivity index (χ1n) is 5.25. The minimum absolute atomic E-state index is 0.274. The number of hydrogen-bond acceptors (Lipinski definition) is 3. The molecule has 0 aliphatic heterocycles. The monoisotopic (exact) mass is 288 g/mol. The number of furan rings is 1. The third kappa shape index (κ3) is 3.03. The third-order valence-electron chi connectivity index (χ3n) is 2.57. The maximum atomic E-state index is 13.2. The van der Waals surface area contributed by atoms with E-state index in [2.05, 4.69) is 5.43 Å². The van der Waals surface area contributed by atoms with E-state index in [0.29, 0.717) is 22.8 Å². The van der Waals surface area contributed by atoms with Gasteiger partial charge in [0.15, 0.2) is 5.22 Å². The van der Waals surface area contributed by atoms with Gasteiger partial charge in [-0.2, -0.15) is 0 Å². The molecule has 1 unspecified atom stereocenters. The van der Waals surface area contributed by atoms with Crippen LogP contribution in [-0.2, 0) is 6.42 Å². The number of nitrogens with two attached hydrogens (primary N) is 1. The molecule has 6 heteroatoms. The van der Waals surface area contributed by atoms with Crippen LogP contribution in [0.5, 0.6) is 0 Å². The van der Waals surface area contributed by atoms with E-state index in [1.807, 2.05) is 0 Å². The quantitative estimate of drug-likeness (QED) is 0.669. The SMILES string of the molecule is NNC(Cc1cc(F)ccc1Cl)c1ccc(Cl)o1. The molecule has 1 atom stereocenters. The van der Waals surface area contributed by atoms with Crippen molar-refractivity contribution in [3.63, 3.8) is 0 Å². The van der Waals surface area contributed by atoms with Gasteiger partial charge in [0, 0.05) is 5.02 Å². The highest BCUT2D eigenvalue weighted by molar-refractivity contribution is 6.31. The molecule has 0 saturated carbocycles. The molecule has 0 aliphatic rings. The van der Waals surface area contributed by atoms with Crippen LogP contribution < -0.4 is 11.3 Å². The summed E-state index contributed by atoms with van der Waals surface area (Å²) in [7, 11) is 0. The summed E-state index contributed by atoms with van der Waals surface area (Å²) in [4.78, 5) is 0. The smallest absolute Gasteiger partial charge is 0.193 e. The van der Waals surface area contributed by atoms with Gasteiger partial charge in [0.2, 0.25) is 0 Å². The van der Waals surface area contributed by atoms with Crippen LogP contribution in [0.4, 0.5) is 4.39 Å². The third-order valence-corrected chi connectivity index (χ3v) is 3.14. The van der Waals surface area contributed by atoms with Crippen molar-refractivity contribution in [1.82, 2.24) is 5.43 Å². The van der Waals surface area contributed by atoms with E-state index in [0.717, 1.165) is 0 Å². The van der Waals surface area contributed by atoms with Crippen molar-refractivity contribution in [3.8, 4) is 0 Å². The van der Waals surface area contributed by atoms with E-state index in [1.54, 1.807) is 12.1 Å². The van der Waals surface area contributed by atoms with Crippen molar-refractivity contribution >= 4 is 23.2 Å². The van der Waals surface area contributed by atoms with Gasteiger partial charge in [-0.1, -0.05) is 11.6 Å². The summed E-state index contributed by atoms with van der Waals surface area (Å²) in [6, 6.07) is 7.19. The summed E-state index contributed by atoms with van der Waals surface area (Å²) >= 11 is 11.7. The minimum Gasteiger partial charge on any atom is -0.448 e. The number of hydrazine groups is 1. The fourth-order valence-electron chi connectivity index (χ4n) is 1.68. The van der Waals surface area contributed by atoms with Gasteiger partial charge in [0.1, 0.15) is 11.6 Å². The Hall–Kier alpha value is -1.07. The molecule has 2 rings (SSSR count). The zero-order chi connectivity index (χ0) is 13.1. The summed E-state index contributed by atoms with van der Waals surface area (Å²) in [6.45, 7) is 0. The lowest BCUT2D eigenvalue weighted by molar-refractivity contribution is 0.416. The molecule has 18 heavy (non-hydrogen) atoms. The highest BCUT2D eigenvalue weighted by Crippen LogP contribution is 2.26. The average Bonchev–Trinajstić information content (AvgIpc) is 2.77. The standard InChI is InChI=1S/C12H11Cl2FN2O/c13-9-2-1-8(15)5-7(9)6-10(17-16)11-3-4-12(14)18-11/h1-5,10,17H,6,16H2. The lowest BCUT2D eigenvalue weighted by Gasteiger charge is -2.14. The van der Waals surface area contributed by atoms with Crippen molar-refractivity contribution in [3.05, 3.63) is 57.7 Å². The fraction of sp³-hybridized carbons (Fsp3) is 0.167. The molecule has 0 fully saturated rings. The molecular formula is C12H11Cl2FN2O. The molecule has 0 radical (unpaired) electrons. The summed E-state index contributed by atoms with van der Waals surface area (Å²) in [5, 5.41) is 0.755. The van der Waals surface area contributed by atoms with E-state index in [9.17, 15) is 4.39 Å². The Kier molecular flexibility index (Phi) is 4.24. The Labute approximate surface area is 114 Å². The van der Waals surface area contributed by atoms with Crippen LogP contribution >= 0.6 is 23.2 Å². The molecular weight excluding hydrogens is 278 g/mol. The molecule has 3 nitrogen and oxygen atoms in total. The predicted molar refractivity (Wildman–Crippen MR) is 68.9 cm³/mol. The first-order valence-corrected chi connectivity index (χ1v) is 6.01. The zero-order valence-corrected chi connectivity index (χ0v) is 10.8. The highest BCUT2D eigenvalue weighted by atomic mass is 35.5. The van der Waals surface area contributed by atoms with Gasteiger partial charge < -0.3 is 4.42 Å². The fourth-order valence-corrected chi connectivity index (χ4v) is 2.02. The van der Waals surface area contributed by atoms with Crippen LogP contribution in [0.25, 0.3) is 0 Å². The van der Waals surface area contributed by atoms with Crippen molar-refractivity contribution in [2.75, 3.05) is 0 Å². The van der Waals surface area contributed by atoms with Crippen LogP contribution in [0, 0.1) is 5.82 Å². The van der Waals surface area contributed by atoms with E-state index in [-0.39, 0.29) is 17.1 Å². The Morgan fingerprint density at radius 1 is 1.28 bits per heavy atom. The first-order chi connectivity index (χ1) is 8.60. The number of halogens is 3. The topological polar surface area (TPSA) is 51.2 Å². The minimum atomic E-state index is -0.345. The Bertz CT molecular complexity index is 545. The van der Waals surface area contributed by atoms with Crippen molar-refractivity contribution < 1.29 is 8.81 Å². The lowest BCUT2D eigenvalue weighted by atomic mass is 10.0. The van der Waals surface area contributed by atoms with Crippen LogP contribution in [0.3, 0.4) is 0 Å². The largest absolute Gasteiger partial charge is 0.448 e. The Morgan fingerprint density at radius 2 is 2.06 bits per heavy atom. The normalized spacial score (nSPS) is 12.7. The van der Waals surface area contributed by atoms with Gasteiger partial charge in [0.05, 0.1) is 6.04 Å². The van der Waals surface area contributed by atoms with Gasteiger partial charge in [-0.25, -0.2) is 9.82 Å². The zero-order valence-electron chi connectivity index (χ0n) is 9.29. The molecule has 1 aromatic carbocycles. The molecule has 1 heterocycles. The molecule has 0 amide bonds. The van der Waals surface area contributed by atoms with Crippen LogP contribution in [-0.4, -0.2) is 0 Å². The Balaban J connectivity index is 2.22. The molecule has 2 aromatic rings. The number of benzene rings is 1. The van der Waals surface area contributed by atoms with Gasteiger partial charge in [-0.15, -0.1) is 0 Å². The number of nitrogens with one attached hydrogen (secondary N) is 1. The van der Waals surface area contributed by atoms with Crippen molar-refractivity contribution in [2.24, 2.45) is 5.84 Å². The first kappa shape index (κ1) is 13.4. The maximum Gasteiger partial charge on any atom is 0.193 e. The van der Waals surface area contributed by atoms with E-state index >= 15 is 0 Å². The second-order valence-corrected chi connectivity index (χ2v) is 4.58. The average molecular weight is 289 g/mol. The van der Waals surface area contributed by atoms with Gasteiger partial charge >= 0.3 is 0 Å². The molecule has 0 saturated heterocycles. The van der Waals surface area contributed by atoms with Crippen LogP contribution in [0.2, 0.25) is 10.2 Å². The summed E-state index contributed by atoms with van der Waals surface area (Å²) in [5.74, 6) is 5.69. The van der Waals surface area contributed by atoms with E-state index in [1.165, 1.54) is 18.2 Å². The van der Waals surface area contributed by atoms with E-state index < -0.39 is 0 Å². The van der Waals surface area contributed by atoms with Crippen molar-refractivity contribution in [2.45, 2.75) is 12.5 Å². The maximum absolute atomic E-state index is 13.2. The molecule has 1 aromatic heterocycles. The van der Waals surface area contributed by atoms with Gasteiger partial charge in [0.25, 0.3) is 0 Å². The second kappa shape index (κ2) is 5.71. The van der Waals surface area contributed by atoms with Crippen LogP contribution in [0.1, 0.15) is 17.4 Å². The lowest BCUT2D eigenvalue weighted by Crippen LogP contribution is -2.29. The summed E-state index contributed by atoms with van der Waals surface area (Å²) in [5.41, 5.74) is 3.24. The molecule has 0 aliphatic carbocycles. The highest BCUT2D eigenvalue weighted by Gasteiger charge is 2.16. The molecule has 3 N–H and O–H groups in total. The Morgan fingerprint density at radius 3 is 2.67 bits per heavy atom. The second-order valence-electron chi connectivity index (χ2n) is 3.80.